The van der Waals surface area contributed by atoms with E-state index in [1.807, 2.05) is 11.4 Å². The van der Waals surface area contributed by atoms with Gasteiger partial charge in [-0.25, -0.2) is 0 Å². The lowest BCUT2D eigenvalue weighted by Crippen LogP contribution is -2.44. The number of aliphatic hydroxyl groups is 1. The molecule has 0 unspecified atom stereocenters. The first-order valence-corrected chi connectivity index (χ1v) is 5.89. The van der Waals surface area contributed by atoms with Crippen LogP contribution in [-0.4, -0.2) is 16.2 Å². The molecule has 1 aromatic rings. The molecule has 0 saturated heterocycles. The van der Waals surface area contributed by atoms with Gasteiger partial charge >= 0.3 is 5.97 Å². The number of carboxylic acid groups (broad SMARTS) is 1. The highest BCUT2D eigenvalue weighted by Crippen LogP contribution is 2.49. The van der Waals surface area contributed by atoms with E-state index < -0.39 is 17.5 Å². The van der Waals surface area contributed by atoms with E-state index in [1.165, 1.54) is 11.3 Å². The summed E-state index contributed by atoms with van der Waals surface area (Å²) in [4.78, 5) is 11.4. The van der Waals surface area contributed by atoms with E-state index in [0.717, 1.165) is 9.35 Å². The molecule has 2 N–H and O–H groups in total. The maximum absolute atomic E-state index is 10.6. The van der Waals surface area contributed by atoms with Gasteiger partial charge < -0.3 is 10.2 Å². The summed E-state index contributed by atoms with van der Waals surface area (Å²) in [6, 6.07) is 1.87. The molecule has 1 aliphatic carbocycles. The summed E-state index contributed by atoms with van der Waals surface area (Å²) >= 11 is 4.79. The van der Waals surface area contributed by atoms with Crippen LogP contribution in [0.3, 0.4) is 0 Å². The fraction of sp³-hybridized carbons (Fsp3) is 0.444. The number of carboxylic acids is 1. The summed E-state index contributed by atoms with van der Waals surface area (Å²) in [5, 5.41) is 20.7. The Balaban J connectivity index is 2.15. The molecule has 0 aromatic carbocycles. The number of thiophene rings is 1. The predicted octanol–water partition coefficient (Wildman–Crippen LogP) is 2.19. The Morgan fingerprint density at radius 3 is 2.71 bits per heavy atom. The number of carbonyl (C=O) groups is 1. The Morgan fingerprint density at radius 2 is 2.29 bits per heavy atom. The first-order valence-electron chi connectivity index (χ1n) is 4.21. The van der Waals surface area contributed by atoms with E-state index >= 15 is 0 Å². The number of aliphatic carboxylic acids is 1. The van der Waals surface area contributed by atoms with Crippen molar-refractivity contribution in [2.45, 2.75) is 18.4 Å². The fourth-order valence-electron chi connectivity index (χ4n) is 1.74. The fourth-order valence-corrected chi connectivity index (χ4v) is 3.60. The minimum Gasteiger partial charge on any atom is -0.481 e. The van der Waals surface area contributed by atoms with E-state index in [-0.39, 0.29) is 0 Å². The minimum absolute atomic E-state index is 0.321. The highest BCUT2D eigenvalue weighted by molar-refractivity contribution is 9.10. The van der Waals surface area contributed by atoms with Crippen LogP contribution in [0, 0.1) is 5.92 Å². The van der Waals surface area contributed by atoms with Gasteiger partial charge in [0.1, 0.15) is 5.60 Å². The third kappa shape index (κ3) is 1.49. The normalized spacial score (nSPS) is 31.1. The van der Waals surface area contributed by atoms with Gasteiger partial charge in [-0.05, 0) is 40.2 Å². The van der Waals surface area contributed by atoms with Crippen molar-refractivity contribution in [3.05, 3.63) is 20.8 Å². The molecule has 0 aliphatic heterocycles. The Labute approximate surface area is 93.5 Å². The van der Waals surface area contributed by atoms with Gasteiger partial charge in [-0.3, -0.25) is 4.79 Å². The third-order valence-electron chi connectivity index (χ3n) is 2.56. The average molecular weight is 277 g/mol. The second-order valence-corrected chi connectivity index (χ2v) is 5.34. The lowest BCUT2D eigenvalue weighted by Gasteiger charge is -2.41. The van der Waals surface area contributed by atoms with Crippen LogP contribution in [-0.2, 0) is 10.4 Å². The molecule has 0 radical (unpaired) electrons. The van der Waals surface area contributed by atoms with Crippen LogP contribution in [0.15, 0.2) is 15.9 Å². The molecule has 1 heterocycles. The van der Waals surface area contributed by atoms with Crippen molar-refractivity contribution in [3.63, 3.8) is 0 Å². The van der Waals surface area contributed by atoms with Crippen molar-refractivity contribution >= 4 is 33.2 Å². The van der Waals surface area contributed by atoms with E-state index in [9.17, 15) is 9.90 Å². The van der Waals surface area contributed by atoms with Crippen LogP contribution in [0.2, 0.25) is 0 Å². The summed E-state index contributed by atoms with van der Waals surface area (Å²) in [6.07, 6.45) is 0.642. The molecule has 2 rings (SSSR count). The standard InChI is InChI=1S/C9H9BrO3S/c10-6-1-2-14-7(6)9(13)3-5(4-9)8(11)12/h1-2,5,13H,3-4H2,(H,11,12). The highest BCUT2D eigenvalue weighted by atomic mass is 79.9. The molecule has 1 aliphatic rings. The van der Waals surface area contributed by atoms with E-state index in [2.05, 4.69) is 15.9 Å². The maximum atomic E-state index is 10.6. The Bertz CT molecular complexity index is 368. The molecular weight excluding hydrogens is 268 g/mol. The summed E-state index contributed by atoms with van der Waals surface area (Å²) in [5.74, 6) is -1.21. The molecule has 1 saturated carbocycles. The predicted molar refractivity (Wildman–Crippen MR) is 56.3 cm³/mol. The summed E-state index contributed by atoms with van der Waals surface area (Å²) < 4.78 is 0.869. The van der Waals surface area contributed by atoms with Gasteiger partial charge in [0.25, 0.3) is 0 Å². The number of halogens is 1. The summed E-state index contributed by atoms with van der Waals surface area (Å²) in [5.41, 5.74) is -0.921. The molecule has 76 valence electrons. The lowest BCUT2D eigenvalue weighted by atomic mass is 9.70. The molecule has 5 heteroatoms. The molecule has 1 aromatic heterocycles. The average Bonchev–Trinajstić information content (AvgIpc) is 2.45. The zero-order valence-corrected chi connectivity index (χ0v) is 9.64. The third-order valence-corrected chi connectivity index (χ3v) is 4.59. The van der Waals surface area contributed by atoms with Crippen molar-refractivity contribution < 1.29 is 15.0 Å². The SMILES string of the molecule is O=C(O)C1CC(O)(c2sccc2Br)C1. The molecule has 14 heavy (non-hydrogen) atoms. The van der Waals surface area contributed by atoms with Gasteiger partial charge in [-0.15, -0.1) is 11.3 Å². The van der Waals surface area contributed by atoms with Crippen LogP contribution < -0.4 is 0 Å². The topological polar surface area (TPSA) is 57.5 Å². The lowest BCUT2D eigenvalue weighted by molar-refractivity contribution is -0.159. The smallest absolute Gasteiger partial charge is 0.306 e. The Morgan fingerprint density at radius 1 is 1.64 bits per heavy atom. The monoisotopic (exact) mass is 276 g/mol. The van der Waals surface area contributed by atoms with Crippen molar-refractivity contribution in [2.75, 3.05) is 0 Å². The second kappa shape index (κ2) is 3.32. The van der Waals surface area contributed by atoms with Gasteiger partial charge in [0.05, 0.1) is 10.8 Å². The minimum atomic E-state index is -0.921. The summed E-state index contributed by atoms with van der Waals surface area (Å²) in [7, 11) is 0. The molecular formula is C9H9BrO3S. The van der Waals surface area contributed by atoms with Crippen LogP contribution >= 0.6 is 27.3 Å². The van der Waals surface area contributed by atoms with E-state index in [0.29, 0.717) is 12.8 Å². The van der Waals surface area contributed by atoms with E-state index in [4.69, 9.17) is 5.11 Å². The van der Waals surface area contributed by atoms with Crippen LogP contribution in [0.25, 0.3) is 0 Å². The largest absolute Gasteiger partial charge is 0.481 e. The highest BCUT2D eigenvalue weighted by Gasteiger charge is 2.48. The first kappa shape index (κ1) is 10.1. The van der Waals surface area contributed by atoms with Gasteiger partial charge in [-0.1, -0.05) is 0 Å². The van der Waals surface area contributed by atoms with Crippen LogP contribution in [0.1, 0.15) is 17.7 Å². The van der Waals surface area contributed by atoms with Crippen molar-refractivity contribution in [1.29, 1.82) is 0 Å². The first-order chi connectivity index (χ1) is 6.53. The van der Waals surface area contributed by atoms with Gasteiger partial charge in [0, 0.05) is 4.47 Å². The Hall–Kier alpha value is -0.390. The van der Waals surface area contributed by atoms with E-state index in [1.54, 1.807) is 0 Å². The van der Waals surface area contributed by atoms with Gasteiger partial charge in [0.2, 0.25) is 0 Å². The van der Waals surface area contributed by atoms with Crippen LogP contribution in [0.5, 0.6) is 0 Å². The zero-order chi connectivity index (χ0) is 10.3. The molecule has 0 bridgehead atoms. The number of hydrogen-bond acceptors (Lipinski definition) is 3. The molecule has 0 atom stereocenters. The van der Waals surface area contributed by atoms with Crippen molar-refractivity contribution in [1.82, 2.24) is 0 Å². The van der Waals surface area contributed by atoms with Crippen LogP contribution in [0.4, 0.5) is 0 Å². The molecule has 0 amide bonds. The number of hydrogen-bond donors (Lipinski definition) is 2. The van der Waals surface area contributed by atoms with Gasteiger partial charge in [0.15, 0.2) is 0 Å². The summed E-state index contributed by atoms with van der Waals surface area (Å²) in [6.45, 7) is 0. The van der Waals surface area contributed by atoms with Gasteiger partial charge in [-0.2, -0.15) is 0 Å². The number of rotatable bonds is 2. The second-order valence-electron chi connectivity index (χ2n) is 3.57. The van der Waals surface area contributed by atoms with Crippen molar-refractivity contribution in [3.8, 4) is 0 Å². The quantitative estimate of drug-likeness (QED) is 0.871. The maximum Gasteiger partial charge on any atom is 0.306 e. The molecule has 1 fully saturated rings. The molecule has 3 nitrogen and oxygen atoms in total. The zero-order valence-electron chi connectivity index (χ0n) is 7.24. The Kier molecular flexibility index (Phi) is 2.41. The molecule has 0 spiro atoms. The van der Waals surface area contributed by atoms with Crippen molar-refractivity contribution in [2.24, 2.45) is 5.92 Å².